The smallest absolute Gasteiger partial charge is 0.272 e. The molecular weight excluding hydrogens is 364 g/mol. The number of anilines is 2. The van der Waals surface area contributed by atoms with Crippen LogP contribution in [-0.2, 0) is 10.2 Å². The van der Waals surface area contributed by atoms with Crippen LogP contribution in [0.2, 0.25) is 0 Å². The molecule has 1 aliphatic rings. The van der Waals surface area contributed by atoms with Gasteiger partial charge in [-0.3, -0.25) is 9.69 Å². The van der Waals surface area contributed by atoms with Crippen LogP contribution in [-0.4, -0.2) is 23.9 Å². The largest absolute Gasteiger partial charge is 0.472 e. The molecule has 0 radical (unpaired) electrons. The van der Waals surface area contributed by atoms with Gasteiger partial charge in [-0.25, -0.2) is 22.5 Å². The van der Waals surface area contributed by atoms with Crippen LogP contribution in [0.1, 0.15) is 25.0 Å². The van der Waals surface area contributed by atoms with E-state index in [0.29, 0.717) is 5.56 Å². The zero-order valence-corrected chi connectivity index (χ0v) is 14.6. The minimum absolute atomic E-state index is 0.165. The van der Waals surface area contributed by atoms with E-state index in [1.54, 1.807) is 13.8 Å². The molecule has 1 amide bonds. The van der Waals surface area contributed by atoms with Gasteiger partial charge in [0.15, 0.2) is 12.4 Å². The minimum Gasteiger partial charge on any atom is -0.472 e. The number of aromatic nitrogens is 1. The van der Waals surface area contributed by atoms with Gasteiger partial charge in [0.1, 0.15) is 5.82 Å². The summed E-state index contributed by atoms with van der Waals surface area (Å²) in [5.41, 5.74) is -0.432. The summed E-state index contributed by atoms with van der Waals surface area (Å²) < 4.78 is 58.2. The van der Waals surface area contributed by atoms with Crippen LogP contribution >= 0.6 is 0 Å². The third kappa shape index (κ3) is 3.15. The standard InChI is InChI=1S/C19H16F4N2O2/c1-4-10-5-11-14(6-12(10)20)25(18(26)19(11,2)3)15-7-17(24-8-13(15)21)27-9-16(22)23/h4-8,16H,1,9H2,2-3H3. The molecule has 0 saturated heterocycles. The van der Waals surface area contributed by atoms with Gasteiger partial charge in [-0.05, 0) is 31.5 Å². The molecule has 3 rings (SSSR count). The highest BCUT2D eigenvalue weighted by atomic mass is 19.3. The Hall–Kier alpha value is -2.90. The van der Waals surface area contributed by atoms with Gasteiger partial charge in [0.05, 0.1) is 23.0 Å². The van der Waals surface area contributed by atoms with Crippen LogP contribution in [0.3, 0.4) is 0 Å². The molecule has 0 N–H and O–H groups in total. The SMILES string of the molecule is C=Cc1cc2c(cc1F)N(c1cc(OCC(F)F)ncc1F)C(=O)C2(C)C. The first kappa shape index (κ1) is 18.9. The molecular formula is C19H16F4N2O2. The van der Waals surface area contributed by atoms with Gasteiger partial charge in [0.2, 0.25) is 11.8 Å². The van der Waals surface area contributed by atoms with Crippen LogP contribution in [0.4, 0.5) is 28.9 Å². The summed E-state index contributed by atoms with van der Waals surface area (Å²) in [7, 11) is 0. The molecule has 0 atom stereocenters. The number of ether oxygens (including phenoxy) is 1. The molecule has 0 fully saturated rings. The molecule has 0 unspecified atom stereocenters. The van der Waals surface area contributed by atoms with Gasteiger partial charge in [-0.1, -0.05) is 12.7 Å². The first-order valence-corrected chi connectivity index (χ1v) is 8.04. The second kappa shape index (κ2) is 6.68. The lowest BCUT2D eigenvalue weighted by Crippen LogP contribution is -2.33. The van der Waals surface area contributed by atoms with Crippen LogP contribution in [0.15, 0.2) is 31.0 Å². The molecule has 1 aromatic carbocycles. The normalized spacial score (nSPS) is 15.2. The number of fused-ring (bicyclic) bond motifs is 1. The van der Waals surface area contributed by atoms with Crippen molar-refractivity contribution in [3.8, 4) is 5.88 Å². The summed E-state index contributed by atoms with van der Waals surface area (Å²) in [6, 6.07) is 3.65. The zero-order chi connectivity index (χ0) is 19.9. The highest BCUT2D eigenvalue weighted by Gasteiger charge is 2.46. The Kier molecular flexibility index (Phi) is 4.67. The molecule has 0 aliphatic carbocycles. The topological polar surface area (TPSA) is 42.4 Å². The fourth-order valence-corrected chi connectivity index (χ4v) is 2.97. The maximum absolute atomic E-state index is 14.4. The van der Waals surface area contributed by atoms with Crippen molar-refractivity contribution in [1.29, 1.82) is 0 Å². The van der Waals surface area contributed by atoms with Crippen LogP contribution < -0.4 is 9.64 Å². The van der Waals surface area contributed by atoms with Crippen molar-refractivity contribution < 1.29 is 27.1 Å². The summed E-state index contributed by atoms with van der Waals surface area (Å²) >= 11 is 0. The van der Waals surface area contributed by atoms with E-state index in [2.05, 4.69) is 11.6 Å². The van der Waals surface area contributed by atoms with E-state index in [9.17, 15) is 22.4 Å². The molecule has 1 aliphatic heterocycles. The summed E-state index contributed by atoms with van der Waals surface area (Å²) in [5.74, 6) is -2.26. The van der Waals surface area contributed by atoms with E-state index >= 15 is 0 Å². The number of hydrogen-bond donors (Lipinski definition) is 0. The number of amides is 1. The fraction of sp³-hybridized carbons (Fsp3) is 0.263. The number of hydrogen-bond acceptors (Lipinski definition) is 3. The highest BCUT2D eigenvalue weighted by molar-refractivity contribution is 6.12. The van der Waals surface area contributed by atoms with Crippen molar-refractivity contribution in [2.45, 2.75) is 25.7 Å². The third-order valence-electron chi connectivity index (χ3n) is 4.40. The second-order valence-corrected chi connectivity index (χ2v) is 6.54. The molecule has 0 bridgehead atoms. The lowest BCUT2D eigenvalue weighted by Gasteiger charge is -2.21. The van der Waals surface area contributed by atoms with E-state index in [-0.39, 0.29) is 22.8 Å². The highest BCUT2D eigenvalue weighted by Crippen LogP contribution is 2.47. The number of carbonyl (C=O) groups is 1. The van der Waals surface area contributed by atoms with Gasteiger partial charge in [-0.2, -0.15) is 0 Å². The second-order valence-electron chi connectivity index (χ2n) is 6.54. The van der Waals surface area contributed by atoms with Gasteiger partial charge in [-0.15, -0.1) is 0 Å². The third-order valence-corrected chi connectivity index (χ3v) is 4.40. The van der Waals surface area contributed by atoms with E-state index in [4.69, 9.17) is 4.74 Å². The molecule has 4 nitrogen and oxygen atoms in total. The first-order chi connectivity index (χ1) is 12.7. The summed E-state index contributed by atoms with van der Waals surface area (Å²) in [4.78, 5) is 17.6. The number of pyridine rings is 1. The first-order valence-electron chi connectivity index (χ1n) is 8.04. The quantitative estimate of drug-likeness (QED) is 0.712. The van der Waals surface area contributed by atoms with E-state index in [1.807, 2.05) is 0 Å². The Morgan fingerprint density at radius 1 is 1.22 bits per heavy atom. The predicted octanol–water partition coefficient (Wildman–Crippen LogP) is 4.60. The Labute approximate surface area is 153 Å². The number of halogens is 4. The Balaban J connectivity index is 2.13. The molecule has 2 aromatic rings. The molecule has 1 aromatic heterocycles. The van der Waals surface area contributed by atoms with E-state index in [0.717, 1.165) is 23.2 Å². The van der Waals surface area contributed by atoms with Crippen molar-refractivity contribution in [1.82, 2.24) is 4.98 Å². The molecule has 0 spiro atoms. The van der Waals surface area contributed by atoms with Crippen LogP contribution in [0, 0.1) is 11.6 Å². The van der Waals surface area contributed by atoms with Crippen molar-refractivity contribution in [3.05, 3.63) is 53.7 Å². The number of alkyl halides is 2. The summed E-state index contributed by atoms with van der Waals surface area (Å²) in [5, 5.41) is 0. The van der Waals surface area contributed by atoms with Gasteiger partial charge in [0, 0.05) is 11.6 Å². The predicted molar refractivity (Wildman–Crippen MR) is 92.4 cm³/mol. The maximum atomic E-state index is 14.4. The molecule has 142 valence electrons. The van der Waals surface area contributed by atoms with Crippen molar-refractivity contribution in [3.63, 3.8) is 0 Å². The fourth-order valence-electron chi connectivity index (χ4n) is 2.97. The van der Waals surface area contributed by atoms with Gasteiger partial charge < -0.3 is 4.74 Å². The van der Waals surface area contributed by atoms with Crippen molar-refractivity contribution in [2.75, 3.05) is 11.5 Å². The monoisotopic (exact) mass is 380 g/mol. The Morgan fingerprint density at radius 2 is 1.93 bits per heavy atom. The summed E-state index contributed by atoms with van der Waals surface area (Å²) in [6.45, 7) is 5.87. The Morgan fingerprint density at radius 3 is 2.56 bits per heavy atom. The van der Waals surface area contributed by atoms with E-state index < -0.39 is 36.0 Å². The van der Waals surface area contributed by atoms with Crippen LogP contribution in [0.5, 0.6) is 5.88 Å². The number of carbonyl (C=O) groups excluding carboxylic acids is 1. The molecule has 0 saturated carbocycles. The molecule has 27 heavy (non-hydrogen) atoms. The number of rotatable bonds is 5. The average Bonchev–Trinajstić information content (AvgIpc) is 2.79. The lowest BCUT2D eigenvalue weighted by atomic mass is 9.85. The van der Waals surface area contributed by atoms with Gasteiger partial charge in [0.25, 0.3) is 6.43 Å². The van der Waals surface area contributed by atoms with Crippen molar-refractivity contribution in [2.24, 2.45) is 0 Å². The van der Waals surface area contributed by atoms with Crippen LogP contribution in [0.25, 0.3) is 6.08 Å². The molecule has 8 heteroatoms. The molecule has 2 heterocycles. The number of nitrogens with zero attached hydrogens (tertiary/aromatic N) is 2. The zero-order valence-electron chi connectivity index (χ0n) is 14.6. The Bertz CT molecular complexity index is 928. The van der Waals surface area contributed by atoms with Crippen molar-refractivity contribution >= 4 is 23.4 Å². The summed E-state index contributed by atoms with van der Waals surface area (Å²) in [6.07, 6.45) is -0.648. The lowest BCUT2D eigenvalue weighted by molar-refractivity contribution is -0.121. The number of benzene rings is 1. The van der Waals surface area contributed by atoms with E-state index in [1.165, 1.54) is 12.1 Å². The maximum Gasteiger partial charge on any atom is 0.272 e. The van der Waals surface area contributed by atoms with Gasteiger partial charge >= 0.3 is 0 Å². The minimum atomic E-state index is -2.74. The average molecular weight is 380 g/mol.